The first-order chi connectivity index (χ1) is 15.7. The first-order valence-corrected chi connectivity index (χ1v) is 11.0. The van der Waals surface area contributed by atoms with E-state index in [0.29, 0.717) is 16.7 Å². The zero-order chi connectivity index (χ0) is 21.5. The SMILES string of the molecule is O=c1[nH]cnc2c(-n3cc(CCN4CCC5(CC4)OCc4ccccc45)cn3)nccc12. The molecular weight excluding hydrogens is 404 g/mol. The number of piperidine rings is 1. The van der Waals surface area contributed by atoms with Crippen molar-refractivity contribution in [2.45, 2.75) is 31.5 Å². The van der Waals surface area contributed by atoms with Gasteiger partial charge in [0.05, 0.1) is 30.1 Å². The van der Waals surface area contributed by atoms with Gasteiger partial charge in [-0.05, 0) is 42.0 Å². The summed E-state index contributed by atoms with van der Waals surface area (Å²) in [6.07, 6.45) is 9.83. The van der Waals surface area contributed by atoms with Gasteiger partial charge in [0.2, 0.25) is 0 Å². The van der Waals surface area contributed by atoms with E-state index in [2.05, 4.69) is 49.2 Å². The van der Waals surface area contributed by atoms with Gasteiger partial charge in [0.1, 0.15) is 5.52 Å². The number of benzene rings is 1. The number of fused-ring (bicyclic) bond motifs is 3. The van der Waals surface area contributed by atoms with Crippen molar-refractivity contribution in [3.63, 3.8) is 0 Å². The lowest BCUT2D eigenvalue weighted by atomic mass is 9.84. The summed E-state index contributed by atoms with van der Waals surface area (Å²) in [6.45, 7) is 3.77. The van der Waals surface area contributed by atoms with Gasteiger partial charge >= 0.3 is 0 Å². The van der Waals surface area contributed by atoms with Crippen molar-refractivity contribution in [3.8, 4) is 5.82 Å². The van der Waals surface area contributed by atoms with E-state index in [-0.39, 0.29) is 11.2 Å². The Kier molecular flexibility index (Phi) is 4.62. The number of pyridine rings is 1. The highest BCUT2D eigenvalue weighted by atomic mass is 16.5. The van der Waals surface area contributed by atoms with Gasteiger partial charge < -0.3 is 14.6 Å². The Balaban J connectivity index is 1.12. The number of hydrogen-bond donors (Lipinski definition) is 1. The molecule has 0 bridgehead atoms. The van der Waals surface area contributed by atoms with Gasteiger partial charge in [0.25, 0.3) is 5.56 Å². The number of hydrogen-bond acceptors (Lipinski definition) is 6. The van der Waals surface area contributed by atoms with E-state index in [0.717, 1.165) is 51.1 Å². The highest BCUT2D eigenvalue weighted by Crippen LogP contribution is 2.43. The van der Waals surface area contributed by atoms with Crippen molar-refractivity contribution >= 4 is 10.9 Å². The Morgan fingerprint density at radius 1 is 1.12 bits per heavy atom. The zero-order valence-corrected chi connectivity index (χ0v) is 17.7. The lowest BCUT2D eigenvalue weighted by Crippen LogP contribution is -2.43. The maximum absolute atomic E-state index is 12.0. The number of nitrogens with one attached hydrogen (secondary N) is 1. The molecule has 5 heterocycles. The van der Waals surface area contributed by atoms with Crippen molar-refractivity contribution in [3.05, 3.63) is 82.3 Å². The number of likely N-dealkylation sites (tertiary alicyclic amines) is 1. The first kappa shape index (κ1) is 19.3. The quantitative estimate of drug-likeness (QED) is 0.537. The number of H-pyrrole nitrogens is 1. The second-order valence-electron chi connectivity index (χ2n) is 8.59. The van der Waals surface area contributed by atoms with Crippen LogP contribution in [0.3, 0.4) is 0 Å². The van der Waals surface area contributed by atoms with Crippen LogP contribution in [0.15, 0.2) is 60.0 Å². The Morgan fingerprint density at radius 2 is 2.00 bits per heavy atom. The monoisotopic (exact) mass is 428 g/mol. The van der Waals surface area contributed by atoms with Gasteiger partial charge in [-0.3, -0.25) is 4.79 Å². The molecule has 1 saturated heterocycles. The third kappa shape index (κ3) is 3.23. The predicted molar refractivity (Wildman–Crippen MR) is 120 cm³/mol. The van der Waals surface area contributed by atoms with Crippen LogP contribution in [0.1, 0.15) is 29.5 Å². The molecule has 8 heteroatoms. The van der Waals surface area contributed by atoms with Crippen LogP contribution in [0.25, 0.3) is 16.7 Å². The van der Waals surface area contributed by atoms with Crippen molar-refractivity contribution in [2.24, 2.45) is 0 Å². The van der Waals surface area contributed by atoms with Crippen LogP contribution in [-0.2, 0) is 23.4 Å². The van der Waals surface area contributed by atoms with Crippen LogP contribution in [-0.4, -0.2) is 49.3 Å². The number of aromatic amines is 1. The molecule has 162 valence electrons. The normalized spacial score (nSPS) is 17.8. The second kappa shape index (κ2) is 7.65. The highest BCUT2D eigenvalue weighted by Gasteiger charge is 2.42. The molecule has 1 aromatic carbocycles. The summed E-state index contributed by atoms with van der Waals surface area (Å²) < 4.78 is 7.99. The Hall–Kier alpha value is -3.36. The molecule has 1 spiro atoms. The lowest BCUT2D eigenvalue weighted by molar-refractivity contribution is -0.0785. The number of aromatic nitrogens is 5. The molecule has 3 aromatic heterocycles. The smallest absolute Gasteiger partial charge is 0.258 e. The molecule has 2 aliphatic rings. The Bertz CT molecular complexity index is 1340. The fourth-order valence-corrected chi connectivity index (χ4v) is 4.98. The van der Waals surface area contributed by atoms with Gasteiger partial charge in [-0.15, -0.1) is 0 Å². The van der Waals surface area contributed by atoms with Gasteiger partial charge in [0.15, 0.2) is 5.82 Å². The number of rotatable bonds is 4. The maximum atomic E-state index is 12.0. The Morgan fingerprint density at radius 3 is 2.91 bits per heavy atom. The molecule has 0 amide bonds. The van der Waals surface area contributed by atoms with Crippen LogP contribution in [0.4, 0.5) is 0 Å². The number of ether oxygens (including phenoxy) is 1. The molecule has 0 radical (unpaired) electrons. The van der Waals surface area contributed by atoms with Crippen molar-refractivity contribution in [2.75, 3.05) is 19.6 Å². The molecule has 2 aliphatic heterocycles. The summed E-state index contributed by atoms with van der Waals surface area (Å²) in [6, 6.07) is 10.3. The molecule has 1 fully saturated rings. The molecule has 6 rings (SSSR count). The molecule has 1 N–H and O–H groups in total. The van der Waals surface area contributed by atoms with E-state index in [4.69, 9.17) is 4.74 Å². The van der Waals surface area contributed by atoms with Crippen molar-refractivity contribution < 1.29 is 4.74 Å². The summed E-state index contributed by atoms with van der Waals surface area (Å²) in [5, 5.41) is 4.98. The van der Waals surface area contributed by atoms with E-state index >= 15 is 0 Å². The van der Waals surface area contributed by atoms with E-state index < -0.39 is 0 Å². The first-order valence-electron chi connectivity index (χ1n) is 11.0. The minimum atomic E-state index is -0.178. The number of nitrogens with zero attached hydrogens (tertiary/aromatic N) is 5. The molecule has 32 heavy (non-hydrogen) atoms. The summed E-state index contributed by atoms with van der Waals surface area (Å²) in [5.74, 6) is 0.566. The summed E-state index contributed by atoms with van der Waals surface area (Å²) in [4.78, 5) is 25.8. The second-order valence-corrected chi connectivity index (χ2v) is 8.59. The fraction of sp³-hybridized carbons (Fsp3) is 0.333. The summed E-state index contributed by atoms with van der Waals surface area (Å²) in [7, 11) is 0. The van der Waals surface area contributed by atoms with E-state index in [9.17, 15) is 4.79 Å². The fourth-order valence-electron chi connectivity index (χ4n) is 4.98. The van der Waals surface area contributed by atoms with Gasteiger partial charge in [-0.1, -0.05) is 24.3 Å². The zero-order valence-electron chi connectivity index (χ0n) is 17.7. The summed E-state index contributed by atoms with van der Waals surface area (Å²) >= 11 is 0. The molecule has 4 aromatic rings. The van der Waals surface area contributed by atoms with E-state index in [1.807, 2.05) is 12.4 Å². The van der Waals surface area contributed by atoms with Gasteiger partial charge in [-0.2, -0.15) is 5.10 Å². The predicted octanol–water partition coefficient (Wildman–Crippen LogP) is 2.57. The van der Waals surface area contributed by atoms with Crippen LogP contribution in [0, 0.1) is 0 Å². The van der Waals surface area contributed by atoms with E-state index in [1.165, 1.54) is 17.5 Å². The van der Waals surface area contributed by atoms with Crippen LogP contribution < -0.4 is 5.56 Å². The van der Waals surface area contributed by atoms with Crippen LogP contribution in [0.2, 0.25) is 0 Å². The minimum absolute atomic E-state index is 0.0944. The average Bonchev–Trinajstić information content (AvgIpc) is 3.45. The molecule has 0 atom stereocenters. The van der Waals surface area contributed by atoms with E-state index in [1.54, 1.807) is 16.9 Å². The maximum Gasteiger partial charge on any atom is 0.258 e. The molecule has 0 saturated carbocycles. The molecule has 0 unspecified atom stereocenters. The van der Waals surface area contributed by atoms with Gasteiger partial charge in [0, 0.05) is 32.0 Å². The standard InChI is InChI=1S/C24H24N6O2/c31-23-19-5-9-25-22(21(19)26-16-27-23)30-14-17(13-28-30)6-10-29-11-7-24(8-12-29)20-4-2-1-3-18(20)15-32-24/h1-5,9,13-14,16H,6-8,10-12,15H2,(H,26,27,31). The minimum Gasteiger partial charge on any atom is -0.365 e. The summed E-state index contributed by atoms with van der Waals surface area (Å²) in [5.41, 5.74) is 4.13. The van der Waals surface area contributed by atoms with Crippen LogP contribution >= 0.6 is 0 Å². The van der Waals surface area contributed by atoms with Crippen molar-refractivity contribution in [1.29, 1.82) is 0 Å². The molecule has 0 aliphatic carbocycles. The largest absolute Gasteiger partial charge is 0.365 e. The highest BCUT2D eigenvalue weighted by molar-refractivity contribution is 5.83. The topological polar surface area (TPSA) is 88.9 Å². The van der Waals surface area contributed by atoms with Crippen molar-refractivity contribution in [1.82, 2.24) is 29.6 Å². The Labute approximate surface area is 184 Å². The third-order valence-corrected chi connectivity index (χ3v) is 6.78. The average molecular weight is 428 g/mol. The van der Waals surface area contributed by atoms with Crippen LogP contribution in [0.5, 0.6) is 0 Å². The molecule has 8 nitrogen and oxygen atoms in total. The van der Waals surface area contributed by atoms with Gasteiger partial charge in [-0.25, -0.2) is 14.6 Å². The molecular formula is C24H24N6O2. The third-order valence-electron chi connectivity index (χ3n) is 6.78. The lowest BCUT2D eigenvalue weighted by Gasteiger charge is -2.39.